The van der Waals surface area contributed by atoms with E-state index in [4.69, 9.17) is 0 Å². The summed E-state index contributed by atoms with van der Waals surface area (Å²) in [4.78, 5) is 11.9. The molecule has 1 unspecified atom stereocenters. The lowest BCUT2D eigenvalue weighted by atomic mass is 9.97. The molecule has 0 fully saturated rings. The summed E-state index contributed by atoms with van der Waals surface area (Å²) in [6, 6.07) is 17.2. The first kappa shape index (κ1) is 15.1. The summed E-state index contributed by atoms with van der Waals surface area (Å²) in [5.41, 5.74) is 2.03. The van der Waals surface area contributed by atoms with Gasteiger partial charge in [-0.05, 0) is 29.5 Å². The fourth-order valence-corrected chi connectivity index (χ4v) is 2.31. The van der Waals surface area contributed by atoms with E-state index in [1.807, 2.05) is 42.5 Å². The molecule has 21 heavy (non-hydrogen) atoms. The number of carbonyl (C=O) groups is 1. The summed E-state index contributed by atoms with van der Waals surface area (Å²) in [5.74, 6) is 0.530. The molecule has 0 saturated heterocycles. The first-order valence-corrected chi connectivity index (χ1v) is 7.25. The zero-order valence-electron chi connectivity index (χ0n) is 12.3. The molecule has 2 rings (SSSR count). The van der Waals surface area contributed by atoms with Crippen molar-refractivity contribution in [2.24, 2.45) is 0 Å². The number of phenols is 1. The van der Waals surface area contributed by atoms with E-state index >= 15 is 0 Å². The lowest BCUT2D eigenvalue weighted by molar-refractivity contribution is -0.121. The number of para-hydroxylation sites is 1. The van der Waals surface area contributed by atoms with E-state index in [9.17, 15) is 9.90 Å². The maximum atomic E-state index is 11.9. The zero-order valence-corrected chi connectivity index (χ0v) is 12.3. The van der Waals surface area contributed by atoms with Gasteiger partial charge in [-0.2, -0.15) is 0 Å². The van der Waals surface area contributed by atoms with Gasteiger partial charge in [0, 0.05) is 13.0 Å². The molecule has 2 N–H and O–H groups in total. The molecule has 1 amide bonds. The van der Waals surface area contributed by atoms with Gasteiger partial charge in [0.05, 0.1) is 0 Å². The fourth-order valence-electron chi connectivity index (χ4n) is 2.31. The molecule has 1 atom stereocenters. The van der Waals surface area contributed by atoms with Crippen LogP contribution in [0.5, 0.6) is 5.75 Å². The van der Waals surface area contributed by atoms with Crippen molar-refractivity contribution in [2.45, 2.75) is 25.7 Å². The summed E-state index contributed by atoms with van der Waals surface area (Å²) in [5, 5.41) is 12.6. The molecule has 0 spiro atoms. The number of benzene rings is 2. The molecule has 0 heterocycles. The van der Waals surface area contributed by atoms with Crippen molar-refractivity contribution in [3.63, 3.8) is 0 Å². The van der Waals surface area contributed by atoms with Crippen LogP contribution in [-0.2, 0) is 11.2 Å². The molecule has 0 saturated carbocycles. The molecule has 0 aliphatic heterocycles. The smallest absolute Gasteiger partial charge is 0.220 e. The second-order valence-corrected chi connectivity index (χ2v) is 5.24. The van der Waals surface area contributed by atoms with E-state index in [1.54, 1.807) is 12.1 Å². The lowest BCUT2D eigenvalue weighted by Gasteiger charge is -2.12. The predicted molar refractivity (Wildman–Crippen MR) is 84.3 cm³/mol. The average Bonchev–Trinajstić information content (AvgIpc) is 2.50. The van der Waals surface area contributed by atoms with Gasteiger partial charge >= 0.3 is 0 Å². The third-order valence-electron chi connectivity index (χ3n) is 3.57. The number of hydrogen-bond acceptors (Lipinski definition) is 2. The summed E-state index contributed by atoms with van der Waals surface area (Å²) >= 11 is 0. The van der Waals surface area contributed by atoms with Crippen LogP contribution in [0.15, 0.2) is 54.6 Å². The quantitative estimate of drug-likeness (QED) is 0.855. The van der Waals surface area contributed by atoms with Crippen LogP contribution in [0.3, 0.4) is 0 Å². The Bertz CT molecular complexity index is 581. The largest absolute Gasteiger partial charge is 0.508 e. The topological polar surface area (TPSA) is 49.3 Å². The number of phenolic OH excluding ortho intramolecular Hbond substituents is 1. The van der Waals surface area contributed by atoms with Crippen LogP contribution in [0.2, 0.25) is 0 Å². The third-order valence-corrected chi connectivity index (χ3v) is 3.57. The number of amides is 1. The second-order valence-electron chi connectivity index (χ2n) is 5.24. The Morgan fingerprint density at radius 2 is 1.76 bits per heavy atom. The summed E-state index contributed by atoms with van der Waals surface area (Å²) < 4.78 is 0. The number of rotatable bonds is 6. The van der Waals surface area contributed by atoms with E-state index in [2.05, 4.69) is 12.2 Å². The Hall–Kier alpha value is -2.29. The number of nitrogens with one attached hydrogen (secondary N) is 1. The van der Waals surface area contributed by atoms with Crippen molar-refractivity contribution in [3.05, 3.63) is 65.7 Å². The third kappa shape index (κ3) is 4.63. The zero-order chi connectivity index (χ0) is 15.1. The summed E-state index contributed by atoms with van der Waals surface area (Å²) in [6.45, 7) is 2.59. The molecule has 0 aliphatic rings. The van der Waals surface area contributed by atoms with Crippen molar-refractivity contribution >= 4 is 5.91 Å². The molecule has 2 aromatic rings. The molecule has 2 aromatic carbocycles. The normalized spacial score (nSPS) is 11.9. The van der Waals surface area contributed by atoms with Crippen LogP contribution in [-0.4, -0.2) is 17.6 Å². The minimum absolute atomic E-state index is 0.0433. The molecule has 3 nitrogen and oxygen atoms in total. The molecule has 0 aromatic heterocycles. The summed E-state index contributed by atoms with van der Waals surface area (Å²) in [7, 11) is 0. The van der Waals surface area contributed by atoms with Crippen molar-refractivity contribution < 1.29 is 9.90 Å². The minimum Gasteiger partial charge on any atom is -0.508 e. The Balaban J connectivity index is 1.76. The highest BCUT2D eigenvalue weighted by atomic mass is 16.3. The maximum Gasteiger partial charge on any atom is 0.220 e. The highest BCUT2D eigenvalue weighted by molar-refractivity contribution is 5.76. The molecular formula is C18H21NO2. The minimum atomic E-state index is 0.0433. The summed E-state index contributed by atoms with van der Waals surface area (Å²) in [6.07, 6.45) is 1.11. The SMILES string of the molecule is CC(CC(=O)NCCc1ccccc1O)c1ccccc1. The van der Waals surface area contributed by atoms with Crippen molar-refractivity contribution in [1.29, 1.82) is 0 Å². The van der Waals surface area contributed by atoms with Gasteiger partial charge in [0.2, 0.25) is 5.91 Å². The van der Waals surface area contributed by atoms with Gasteiger partial charge in [-0.1, -0.05) is 55.5 Å². The lowest BCUT2D eigenvalue weighted by Crippen LogP contribution is -2.26. The molecular weight excluding hydrogens is 262 g/mol. The molecule has 0 radical (unpaired) electrons. The van der Waals surface area contributed by atoms with E-state index in [0.29, 0.717) is 19.4 Å². The van der Waals surface area contributed by atoms with E-state index in [1.165, 1.54) is 5.56 Å². The fraction of sp³-hybridized carbons (Fsp3) is 0.278. The Labute approximate surface area is 125 Å². The molecule has 0 bridgehead atoms. The monoisotopic (exact) mass is 283 g/mol. The van der Waals surface area contributed by atoms with Crippen LogP contribution in [0.25, 0.3) is 0 Å². The molecule has 110 valence electrons. The Kier molecular flexibility index (Phi) is 5.38. The van der Waals surface area contributed by atoms with Crippen molar-refractivity contribution in [2.75, 3.05) is 6.54 Å². The van der Waals surface area contributed by atoms with Gasteiger partial charge in [0.15, 0.2) is 0 Å². The van der Waals surface area contributed by atoms with E-state index < -0.39 is 0 Å². The van der Waals surface area contributed by atoms with Crippen LogP contribution < -0.4 is 5.32 Å². The molecule has 3 heteroatoms. The first-order chi connectivity index (χ1) is 10.2. The van der Waals surface area contributed by atoms with Crippen LogP contribution in [0.4, 0.5) is 0 Å². The maximum absolute atomic E-state index is 11.9. The average molecular weight is 283 g/mol. The predicted octanol–water partition coefficient (Wildman–Crippen LogP) is 3.24. The van der Waals surface area contributed by atoms with Crippen molar-refractivity contribution in [3.8, 4) is 5.75 Å². The van der Waals surface area contributed by atoms with Crippen LogP contribution >= 0.6 is 0 Å². The first-order valence-electron chi connectivity index (χ1n) is 7.25. The Morgan fingerprint density at radius 3 is 2.48 bits per heavy atom. The van der Waals surface area contributed by atoms with Crippen LogP contribution in [0.1, 0.15) is 30.4 Å². The van der Waals surface area contributed by atoms with Gasteiger partial charge in [-0.15, -0.1) is 0 Å². The second kappa shape index (κ2) is 7.48. The van der Waals surface area contributed by atoms with Gasteiger partial charge in [-0.25, -0.2) is 0 Å². The van der Waals surface area contributed by atoms with Crippen LogP contribution in [0, 0.1) is 0 Å². The van der Waals surface area contributed by atoms with Gasteiger partial charge in [-0.3, -0.25) is 4.79 Å². The van der Waals surface area contributed by atoms with E-state index in [-0.39, 0.29) is 17.6 Å². The standard InChI is InChI=1S/C18H21NO2/c1-14(15-7-3-2-4-8-15)13-18(21)19-12-11-16-9-5-6-10-17(16)20/h2-10,14,20H,11-13H2,1H3,(H,19,21). The Morgan fingerprint density at radius 1 is 1.10 bits per heavy atom. The number of hydrogen-bond donors (Lipinski definition) is 2. The highest BCUT2D eigenvalue weighted by Gasteiger charge is 2.10. The number of aromatic hydroxyl groups is 1. The number of carbonyl (C=O) groups excluding carboxylic acids is 1. The molecule has 0 aliphatic carbocycles. The van der Waals surface area contributed by atoms with Gasteiger partial charge in [0.1, 0.15) is 5.75 Å². The van der Waals surface area contributed by atoms with Crippen molar-refractivity contribution in [1.82, 2.24) is 5.32 Å². The highest BCUT2D eigenvalue weighted by Crippen LogP contribution is 2.18. The van der Waals surface area contributed by atoms with Gasteiger partial charge in [0.25, 0.3) is 0 Å². The van der Waals surface area contributed by atoms with Gasteiger partial charge < -0.3 is 10.4 Å². The van der Waals surface area contributed by atoms with E-state index in [0.717, 1.165) is 5.56 Å².